The van der Waals surface area contributed by atoms with E-state index in [0.29, 0.717) is 0 Å². The molecule has 10 nitrogen and oxygen atoms in total. The maximum Gasteiger partial charge on any atom is 0.333 e. The SMILES string of the molecule is C=C(C)C(=O)OCCNC(=O)NCCNC(=O)NCCOC(=O)C(=C)C. The average Bonchev–Trinajstić information content (AvgIpc) is 2.58. The first-order valence-electron chi connectivity index (χ1n) is 7.92. The first kappa shape index (κ1) is 23.0. The van der Waals surface area contributed by atoms with Crippen molar-refractivity contribution >= 4 is 24.0 Å². The molecule has 0 aromatic heterocycles. The van der Waals surface area contributed by atoms with E-state index in [4.69, 9.17) is 9.47 Å². The van der Waals surface area contributed by atoms with Crippen molar-refractivity contribution in [1.29, 1.82) is 0 Å². The van der Waals surface area contributed by atoms with E-state index < -0.39 is 24.0 Å². The molecule has 0 aromatic rings. The molecule has 0 aliphatic rings. The number of carbonyl (C=O) groups excluding carboxylic acids is 4. The summed E-state index contributed by atoms with van der Waals surface area (Å²) in [5.74, 6) is -1.03. The van der Waals surface area contributed by atoms with E-state index in [1.165, 1.54) is 13.8 Å². The Bertz CT molecular complexity index is 499. The number of carbonyl (C=O) groups is 4. The molecule has 0 unspecified atom stereocenters. The van der Waals surface area contributed by atoms with Gasteiger partial charge in [-0.05, 0) is 13.8 Å². The van der Waals surface area contributed by atoms with Crippen molar-refractivity contribution in [3.05, 3.63) is 24.3 Å². The minimum absolute atomic E-state index is 0.0374. The van der Waals surface area contributed by atoms with Crippen LogP contribution in [0.2, 0.25) is 0 Å². The molecule has 0 aromatic carbocycles. The number of ether oxygens (including phenoxy) is 2. The number of hydrogen-bond acceptors (Lipinski definition) is 6. The van der Waals surface area contributed by atoms with Crippen molar-refractivity contribution in [2.45, 2.75) is 13.8 Å². The van der Waals surface area contributed by atoms with Gasteiger partial charge in [-0.2, -0.15) is 0 Å². The predicted molar refractivity (Wildman–Crippen MR) is 94.3 cm³/mol. The van der Waals surface area contributed by atoms with E-state index in [9.17, 15) is 19.2 Å². The molecule has 0 bridgehead atoms. The molecule has 146 valence electrons. The minimum Gasteiger partial charge on any atom is -0.460 e. The molecule has 10 heteroatoms. The summed E-state index contributed by atoms with van der Waals surface area (Å²) >= 11 is 0. The molecule has 0 saturated heterocycles. The summed E-state index contributed by atoms with van der Waals surface area (Å²) in [4.78, 5) is 45.1. The second kappa shape index (κ2) is 13.3. The van der Waals surface area contributed by atoms with Crippen LogP contribution in [0, 0.1) is 0 Å². The summed E-state index contributed by atoms with van der Waals surface area (Å²) in [6, 6.07) is -0.907. The number of amides is 4. The summed E-state index contributed by atoms with van der Waals surface area (Å²) in [7, 11) is 0. The highest BCUT2D eigenvalue weighted by atomic mass is 16.5. The zero-order valence-electron chi connectivity index (χ0n) is 15.1. The molecule has 0 fully saturated rings. The van der Waals surface area contributed by atoms with Gasteiger partial charge in [0.05, 0.1) is 13.1 Å². The van der Waals surface area contributed by atoms with Gasteiger partial charge in [-0.15, -0.1) is 0 Å². The van der Waals surface area contributed by atoms with E-state index in [1.807, 2.05) is 0 Å². The van der Waals surface area contributed by atoms with Crippen LogP contribution < -0.4 is 21.3 Å². The van der Waals surface area contributed by atoms with Gasteiger partial charge >= 0.3 is 24.0 Å². The lowest BCUT2D eigenvalue weighted by atomic mass is 10.4. The Labute approximate surface area is 152 Å². The maximum absolute atomic E-state index is 11.4. The van der Waals surface area contributed by atoms with E-state index in [2.05, 4.69) is 34.4 Å². The lowest BCUT2D eigenvalue weighted by Gasteiger charge is -2.10. The Morgan fingerprint density at radius 3 is 1.27 bits per heavy atom. The van der Waals surface area contributed by atoms with Crippen molar-refractivity contribution in [1.82, 2.24) is 21.3 Å². The van der Waals surface area contributed by atoms with Crippen molar-refractivity contribution in [3.63, 3.8) is 0 Å². The molecular weight excluding hydrogens is 344 g/mol. The Balaban J connectivity index is 3.57. The first-order valence-corrected chi connectivity index (χ1v) is 7.92. The van der Waals surface area contributed by atoms with Crippen molar-refractivity contribution in [2.24, 2.45) is 0 Å². The van der Waals surface area contributed by atoms with Gasteiger partial charge in [0.2, 0.25) is 0 Å². The fourth-order valence-electron chi connectivity index (χ4n) is 1.34. The zero-order chi connectivity index (χ0) is 19.9. The molecule has 0 radical (unpaired) electrons. The third kappa shape index (κ3) is 12.4. The monoisotopic (exact) mass is 370 g/mol. The van der Waals surface area contributed by atoms with Crippen LogP contribution in [-0.2, 0) is 19.1 Å². The Morgan fingerprint density at radius 2 is 0.962 bits per heavy atom. The van der Waals surface area contributed by atoms with Gasteiger partial charge in [-0.25, -0.2) is 19.2 Å². The van der Waals surface area contributed by atoms with Crippen LogP contribution in [0.15, 0.2) is 24.3 Å². The van der Waals surface area contributed by atoms with Crippen molar-refractivity contribution in [3.8, 4) is 0 Å². The first-order chi connectivity index (χ1) is 12.2. The Morgan fingerprint density at radius 1 is 0.654 bits per heavy atom. The van der Waals surface area contributed by atoms with Gasteiger partial charge in [0, 0.05) is 24.2 Å². The fourth-order valence-corrected chi connectivity index (χ4v) is 1.34. The second-order valence-electron chi connectivity index (χ2n) is 5.20. The standard InChI is InChI=1S/C16H26N4O6/c1-11(2)13(21)25-9-7-19-15(23)17-5-6-18-16(24)20-8-10-26-14(22)12(3)4/h1,3,5-10H2,2,4H3,(H2,17,19,23)(H2,18,20,24). The topological polar surface area (TPSA) is 135 Å². The van der Waals surface area contributed by atoms with Gasteiger partial charge in [-0.1, -0.05) is 13.2 Å². The lowest BCUT2D eigenvalue weighted by Crippen LogP contribution is -2.44. The number of esters is 2. The largest absolute Gasteiger partial charge is 0.460 e. The van der Waals surface area contributed by atoms with Crippen LogP contribution in [0.1, 0.15) is 13.8 Å². The van der Waals surface area contributed by atoms with Gasteiger partial charge in [0.15, 0.2) is 0 Å². The van der Waals surface area contributed by atoms with Gasteiger partial charge in [0.1, 0.15) is 13.2 Å². The number of rotatable bonds is 11. The fraction of sp³-hybridized carbons (Fsp3) is 0.500. The lowest BCUT2D eigenvalue weighted by molar-refractivity contribution is -0.139. The van der Waals surface area contributed by atoms with Gasteiger partial charge < -0.3 is 30.7 Å². The number of urea groups is 2. The summed E-state index contributed by atoms with van der Waals surface area (Å²) in [5.41, 5.74) is 0.570. The van der Waals surface area contributed by atoms with Gasteiger partial charge in [-0.3, -0.25) is 0 Å². The quantitative estimate of drug-likeness (QED) is 0.226. The van der Waals surface area contributed by atoms with Crippen LogP contribution >= 0.6 is 0 Å². The second-order valence-corrected chi connectivity index (χ2v) is 5.20. The van der Waals surface area contributed by atoms with E-state index in [1.54, 1.807) is 0 Å². The average molecular weight is 370 g/mol. The summed E-state index contributed by atoms with van der Waals surface area (Å²) in [5, 5.41) is 10.00. The van der Waals surface area contributed by atoms with E-state index in [-0.39, 0.29) is 50.5 Å². The molecule has 0 saturated carbocycles. The molecule has 0 heterocycles. The van der Waals surface area contributed by atoms with Crippen LogP contribution in [0.25, 0.3) is 0 Å². The third-order valence-corrected chi connectivity index (χ3v) is 2.63. The molecular formula is C16H26N4O6. The highest BCUT2D eigenvalue weighted by Gasteiger charge is 2.05. The molecule has 0 spiro atoms. The zero-order valence-corrected chi connectivity index (χ0v) is 15.1. The van der Waals surface area contributed by atoms with Crippen LogP contribution in [-0.4, -0.2) is 63.4 Å². The summed E-state index contributed by atoms with van der Waals surface area (Å²) in [6.07, 6.45) is 0. The Hall–Kier alpha value is -3.04. The van der Waals surface area contributed by atoms with E-state index in [0.717, 1.165) is 0 Å². The molecule has 0 rings (SSSR count). The normalized spacial score (nSPS) is 9.46. The smallest absolute Gasteiger partial charge is 0.333 e. The van der Waals surface area contributed by atoms with Crippen LogP contribution in [0.5, 0.6) is 0 Å². The summed E-state index contributed by atoms with van der Waals surface area (Å²) < 4.78 is 9.61. The molecule has 0 aliphatic heterocycles. The molecule has 26 heavy (non-hydrogen) atoms. The van der Waals surface area contributed by atoms with Gasteiger partial charge in [0.25, 0.3) is 0 Å². The highest BCUT2D eigenvalue weighted by Crippen LogP contribution is 1.91. The highest BCUT2D eigenvalue weighted by molar-refractivity contribution is 5.87. The maximum atomic E-state index is 11.4. The number of nitrogens with one attached hydrogen (secondary N) is 4. The number of hydrogen-bond donors (Lipinski definition) is 4. The molecule has 4 N–H and O–H groups in total. The molecule has 0 aliphatic carbocycles. The molecule has 4 amide bonds. The van der Waals surface area contributed by atoms with Crippen molar-refractivity contribution < 1.29 is 28.7 Å². The van der Waals surface area contributed by atoms with Crippen LogP contribution in [0.3, 0.4) is 0 Å². The minimum atomic E-state index is -0.517. The van der Waals surface area contributed by atoms with Crippen molar-refractivity contribution in [2.75, 3.05) is 39.4 Å². The summed E-state index contributed by atoms with van der Waals surface area (Å²) in [6.45, 7) is 10.7. The Kier molecular flexibility index (Phi) is 11.7. The third-order valence-electron chi connectivity index (χ3n) is 2.63. The van der Waals surface area contributed by atoms with Crippen LogP contribution in [0.4, 0.5) is 9.59 Å². The predicted octanol–water partition coefficient (Wildman–Crippen LogP) is -0.177. The molecule has 0 atom stereocenters. The van der Waals surface area contributed by atoms with E-state index >= 15 is 0 Å².